The number of benzene rings is 2. The number of carbonyl (C=O) groups is 4. The minimum absolute atomic E-state index is 0.0970. The van der Waals surface area contributed by atoms with E-state index >= 15 is 0 Å². The molecule has 0 radical (unpaired) electrons. The highest BCUT2D eigenvalue weighted by molar-refractivity contribution is 6.23. The van der Waals surface area contributed by atoms with Gasteiger partial charge in [-0.15, -0.1) is 0 Å². The molecule has 3 aromatic rings. The number of anilines is 2. The normalized spacial score (nSPS) is 12.2. The molecule has 0 aliphatic carbocycles. The van der Waals surface area contributed by atoms with Gasteiger partial charge in [-0.1, -0.05) is 6.07 Å². The molecule has 1 aromatic heterocycles. The fourth-order valence-electron chi connectivity index (χ4n) is 3.32. The lowest BCUT2D eigenvalue weighted by Crippen LogP contribution is -2.24. The molecule has 4 rings (SSSR count). The number of carboxylic acid groups (broad SMARTS) is 1. The molecule has 160 valence electrons. The summed E-state index contributed by atoms with van der Waals surface area (Å²) in [4.78, 5) is 60.2. The topological polar surface area (TPSA) is 181 Å². The molecule has 0 saturated carbocycles. The van der Waals surface area contributed by atoms with E-state index in [1.807, 2.05) is 0 Å². The van der Waals surface area contributed by atoms with E-state index in [9.17, 15) is 29.1 Å². The van der Waals surface area contributed by atoms with Crippen LogP contribution in [0.4, 0.5) is 11.5 Å². The first kappa shape index (κ1) is 20.3. The van der Waals surface area contributed by atoms with Crippen molar-refractivity contribution in [1.29, 1.82) is 0 Å². The van der Waals surface area contributed by atoms with Gasteiger partial charge in [-0.2, -0.15) is 0 Å². The van der Waals surface area contributed by atoms with Gasteiger partial charge < -0.3 is 21.3 Å². The first-order valence-electron chi connectivity index (χ1n) is 9.06. The summed E-state index contributed by atoms with van der Waals surface area (Å²) in [5.41, 5.74) is 5.08. The van der Waals surface area contributed by atoms with E-state index in [-0.39, 0.29) is 39.4 Å². The van der Waals surface area contributed by atoms with Gasteiger partial charge in [0.15, 0.2) is 0 Å². The van der Waals surface area contributed by atoms with E-state index in [0.717, 1.165) is 22.8 Å². The number of nitrogens with zero attached hydrogens (tertiary/aromatic N) is 1. The average molecular weight is 434 g/mol. The second-order valence-electron chi connectivity index (χ2n) is 6.82. The largest absolute Gasteiger partial charge is 0.507 e. The summed E-state index contributed by atoms with van der Waals surface area (Å²) in [6.07, 6.45) is 0. The Balaban J connectivity index is 1.71. The Morgan fingerprint density at radius 1 is 1.00 bits per heavy atom. The van der Waals surface area contributed by atoms with Gasteiger partial charge in [0.1, 0.15) is 17.1 Å². The second-order valence-corrected chi connectivity index (χ2v) is 6.82. The van der Waals surface area contributed by atoms with Crippen LogP contribution in [0.15, 0.2) is 53.3 Å². The van der Waals surface area contributed by atoms with Crippen molar-refractivity contribution in [3.05, 3.63) is 81.1 Å². The van der Waals surface area contributed by atoms with E-state index in [0.29, 0.717) is 0 Å². The van der Waals surface area contributed by atoms with Crippen LogP contribution in [0.2, 0.25) is 0 Å². The number of nitrogen functional groups attached to an aromatic ring is 1. The highest BCUT2D eigenvalue weighted by Crippen LogP contribution is 2.24. The summed E-state index contributed by atoms with van der Waals surface area (Å²) in [6.45, 7) is 0. The average Bonchev–Trinajstić information content (AvgIpc) is 3.02. The number of aromatic carboxylic acids is 1. The molecule has 2 aromatic carbocycles. The third kappa shape index (κ3) is 3.33. The molecule has 0 fully saturated rings. The second kappa shape index (κ2) is 7.40. The lowest BCUT2D eigenvalue weighted by molar-refractivity contribution is 0.0692. The summed E-state index contributed by atoms with van der Waals surface area (Å²) in [7, 11) is 0. The van der Waals surface area contributed by atoms with Crippen LogP contribution in [-0.4, -0.2) is 38.5 Å². The third-order valence-corrected chi connectivity index (χ3v) is 4.80. The maximum absolute atomic E-state index is 12.7. The van der Waals surface area contributed by atoms with Crippen molar-refractivity contribution in [2.45, 2.75) is 0 Å². The number of pyridine rings is 1. The van der Waals surface area contributed by atoms with Crippen molar-refractivity contribution < 1.29 is 29.4 Å². The third-order valence-electron chi connectivity index (χ3n) is 4.80. The zero-order valence-corrected chi connectivity index (χ0v) is 16.1. The van der Waals surface area contributed by atoms with Crippen LogP contribution in [-0.2, 0) is 0 Å². The molecular formula is C21H14N4O7. The van der Waals surface area contributed by atoms with Crippen LogP contribution >= 0.6 is 0 Å². The van der Waals surface area contributed by atoms with Gasteiger partial charge in [0.25, 0.3) is 23.3 Å². The first-order valence-corrected chi connectivity index (χ1v) is 9.06. The number of carbonyl (C=O) groups excluding carboxylic acids is 3. The fraction of sp³-hybridized carbons (Fsp3) is 0. The number of nitrogens with two attached hydrogens (primary N) is 1. The minimum atomic E-state index is -1.37. The number of aromatic hydroxyl groups is 1. The van der Waals surface area contributed by atoms with Gasteiger partial charge >= 0.3 is 5.97 Å². The zero-order valence-electron chi connectivity index (χ0n) is 16.1. The van der Waals surface area contributed by atoms with Crippen molar-refractivity contribution in [2.75, 3.05) is 11.1 Å². The van der Waals surface area contributed by atoms with Gasteiger partial charge in [-0.05, 0) is 36.4 Å². The number of nitrogens with one attached hydrogen (secondary N) is 2. The van der Waals surface area contributed by atoms with Crippen LogP contribution in [0.5, 0.6) is 5.75 Å². The Hall–Kier alpha value is -4.93. The van der Waals surface area contributed by atoms with Crippen LogP contribution in [0.1, 0.15) is 41.4 Å². The van der Waals surface area contributed by atoms with Crippen LogP contribution < -0.4 is 21.9 Å². The summed E-state index contributed by atoms with van der Waals surface area (Å²) in [5.74, 6) is -4.15. The predicted octanol–water partition coefficient (Wildman–Crippen LogP) is 0.959. The van der Waals surface area contributed by atoms with Gasteiger partial charge in [-0.25, -0.2) is 4.79 Å². The summed E-state index contributed by atoms with van der Waals surface area (Å²) in [5, 5.41) is 23.2. The van der Waals surface area contributed by atoms with Crippen molar-refractivity contribution >= 4 is 35.2 Å². The van der Waals surface area contributed by atoms with E-state index < -0.39 is 35.0 Å². The van der Waals surface area contributed by atoms with E-state index in [1.165, 1.54) is 30.3 Å². The Labute approximate surface area is 178 Å². The molecule has 11 nitrogen and oxygen atoms in total. The molecule has 3 amide bonds. The molecule has 0 bridgehead atoms. The first-order chi connectivity index (χ1) is 15.2. The minimum Gasteiger partial charge on any atom is -0.507 e. The number of hydrogen-bond acceptors (Lipinski definition) is 7. The number of aromatic nitrogens is 1. The van der Waals surface area contributed by atoms with Crippen molar-refractivity contribution in [1.82, 2.24) is 9.88 Å². The number of fused-ring (bicyclic) bond motifs is 1. The highest BCUT2D eigenvalue weighted by Gasteiger charge is 2.31. The molecule has 0 unspecified atom stereocenters. The molecule has 11 heteroatoms. The van der Waals surface area contributed by atoms with E-state index in [1.54, 1.807) is 0 Å². The smallest absolute Gasteiger partial charge is 0.339 e. The SMILES string of the molecule is Nc1c2c(cc(=O)n1-c1cccc(C(=O)Nc3ccc(O)c(C(=O)O)c3)c1)C(=O)NC2=O. The van der Waals surface area contributed by atoms with Gasteiger partial charge in [0.05, 0.1) is 16.8 Å². The molecule has 1 aliphatic rings. The standard InChI is InChI=1S/C21H14N4O7/c22-17-16-13(19(29)24-20(16)30)8-15(27)25(17)11-3-1-2-9(6-11)18(28)23-10-4-5-14(26)12(7-10)21(31)32/h1-8,26H,22H2,(H,23,28)(H,31,32)(H,24,29,30). The Kier molecular flexibility index (Phi) is 4.70. The molecule has 1 aliphatic heterocycles. The van der Waals surface area contributed by atoms with Crippen molar-refractivity contribution in [2.24, 2.45) is 0 Å². The predicted molar refractivity (Wildman–Crippen MR) is 111 cm³/mol. The number of rotatable bonds is 4. The molecule has 2 heterocycles. The lowest BCUT2D eigenvalue weighted by atomic mass is 10.1. The summed E-state index contributed by atoms with van der Waals surface area (Å²) < 4.78 is 0.997. The maximum Gasteiger partial charge on any atom is 0.339 e. The van der Waals surface area contributed by atoms with Crippen molar-refractivity contribution in [3.63, 3.8) is 0 Å². The summed E-state index contributed by atoms with van der Waals surface area (Å²) in [6, 6.07) is 10.3. The van der Waals surface area contributed by atoms with Crippen molar-refractivity contribution in [3.8, 4) is 11.4 Å². The van der Waals surface area contributed by atoms with Gasteiger partial charge in [0, 0.05) is 17.3 Å². The monoisotopic (exact) mass is 434 g/mol. The van der Waals surface area contributed by atoms with Gasteiger partial charge in [0.2, 0.25) is 0 Å². The fourth-order valence-corrected chi connectivity index (χ4v) is 3.32. The number of hydrogen-bond donors (Lipinski definition) is 5. The molecule has 0 saturated heterocycles. The molecular weight excluding hydrogens is 420 g/mol. The quantitative estimate of drug-likeness (QED) is 0.297. The van der Waals surface area contributed by atoms with Crippen LogP contribution in [0.3, 0.4) is 0 Å². The maximum atomic E-state index is 12.7. The van der Waals surface area contributed by atoms with Gasteiger partial charge in [-0.3, -0.25) is 29.1 Å². The Morgan fingerprint density at radius 3 is 2.47 bits per heavy atom. The van der Waals surface area contributed by atoms with E-state index in [2.05, 4.69) is 10.6 Å². The summed E-state index contributed by atoms with van der Waals surface area (Å²) >= 11 is 0. The van der Waals surface area contributed by atoms with Crippen LogP contribution in [0, 0.1) is 0 Å². The Morgan fingerprint density at radius 2 is 1.75 bits per heavy atom. The van der Waals surface area contributed by atoms with E-state index in [4.69, 9.17) is 10.8 Å². The molecule has 32 heavy (non-hydrogen) atoms. The Bertz CT molecular complexity index is 1410. The number of phenols is 1. The number of amides is 3. The zero-order chi connectivity index (χ0) is 23.2. The number of carboxylic acids is 1. The van der Waals surface area contributed by atoms with Crippen LogP contribution in [0.25, 0.3) is 5.69 Å². The molecule has 0 spiro atoms. The molecule has 6 N–H and O–H groups in total. The number of imide groups is 1. The highest BCUT2D eigenvalue weighted by atomic mass is 16.4. The lowest BCUT2D eigenvalue weighted by Gasteiger charge is -2.13. The molecule has 0 atom stereocenters.